The molecule has 0 saturated heterocycles. The minimum absolute atomic E-state index is 0.0250. The van der Waals surface area contributed by atoms with Crippen LogP contribution in [0.5, 0.6) is 0 Å². The Kier molecular flexibility index (Phi) is 5.53. The summed E-state index contributed by atoms with van der Waals surface area (Å²) in [6.07, 6.45) is 0. The van der Waals surface area contributed by atoms with Crippen molar-refractivity contribution in [2.24, 2.45) is 0 Å². The molecule has 0 spiro atoms. The Morgan fingerprint density at radius 2 is 2.08 bits per heavy atom. The maximum Gasteiger partial charge on any atom is 0.234 e. The van der Waals surface area contributed by atoms with Crippen molar-refractivity contribution in [1.29, 1.82) is 0 Å². The Bertz CT molecular complexity index is 962. The standard InChI is InChI=1S/C17H15ClFN5OS/c1-10-3-4-11(2)15(7-10)24-17(21-22-23-24)26-9-16(25)20-14-8-12(18)5-6-13(14)19/h3-8H,9H2,1-2H3,(H,20,25). The summed E-state index contributed by atoms with van der Waals surface area (Å²) < 4.78 is 15.3. The number of benzene rings is 2. The molecule has 0 atom stereocenters. The summed E-state index contributed by atoms with van der Waals surface area (Å²) in [5, 5.41) is 15.0. The number of carbonyl (C=O) groups excluding carboxylic acids is 1. The number of anilines is 1. The number of rotatable bonds is 5. The van der Waals surface area contributed by atoms with Crippen molar-refractivity contribution in [3.8, 4) is 5.69 Å². The molecule has 134 valence electrons. The number of carbonyl (C=O) groups is 1. The topological polar surface area (TPSA) is 72.7 Å². The van der Waals surface area contributed by atoms with Crippen molar-refractivity contribution in [1.82, 2.24) is 20.2 Å². The first-order valence-electron chi connectivity index (χ1n) is 7.68. The Labute approximate surface area is 158 Å². The van der Waals surface area contributed by atoms with Gasteiger partial charge in [0.15, 0.2) is 0 Å². The van der Waals surface area contributed by atoms with Crippen LogP contribution in [0.25, 0.3) is 5.69 Å². The second-order valence-corrected chi connectivity index (χ2v) is 7.00. The van der Waals surface area contributed by atoms with Crippen LogP contribution in [-0.4, -0.2) is 31.9 Å². The number of thioether (sulfide) groups is 1. The maximum atomic E-state index is 13.7. The van der Waals surface area contributed by atoms with Crippen LogP contribution in [0.2, 0.25) is 5.02 Å². The van der Waals surface area contributed by atoms with E-state index in [9.17, 15) is 9.18 Å². The quantitative estimate of drug-likeness (QED) is 0.669. The lowest BCUT2D eigenvalue weighted by molar-refractivity contribution is -0.113. The molecule has 26 heavy (non-hydrogen) atoms. The normalized spacial score (nSPS) is 10.8. The average Bonchev–Trinajstić information content (AvgIpc) is 3.07. The van der Waals surface area contributed by atoms with Crippen LogP contribution in [0.15, 0.2) is 41.6 Å². The van der Waals surface area contributed by atoms with Gasteiger partial charge in [-0.25, -0.2) is 4.39 Å². The Balaban J connectivity index is 1.71. The van der Waals surface area contributed by atoms with Crippen LogP contribution in [-0.2, 0) is 4.79 Å². The molecule has 9 heteroatoms. The van der Waals surface area contributed by atoms with Gasteiger partial charge < -0.3 is 5.32 Å². The van der Waals surface area contributed by atoms with Crippen LogP contribution in [0.1, 0.15) is 11.1 Å². The predicted octanol–water partition coefficient (Wildman–Crippen LogP) is 3.80. The van der Waals surface area contributed by atoms with Gasteiger partial charge in [-0.3, -0.25) is 4.79 Å². The molecule has 0 aliphatic carbocycles. The number of nitrogens with one attached hydrogen (secondary N) is 1. The molecule has 0 aliphatic heterocycles. The van der Waals surface area contributed by atoms with E-state index < -0.39 is 5.82 Å². The summed E-state index contributed by atoms with van der Waals surface area (Å²) in [7, 11) is 0. The molecule has 0 fully saturated rings. The minimum Gasteiger partial charge on any atom is -0.323 e. The van der Waals surface area contributed by atoms with Gasteiger partial charge in [0.1, 0.15) is 5.82 Å². The highest BCUT2D eigenvalue weighted by molar-refractivity contribution is 7.99. The van der Waals surface area contributed by atoms with Gasteiger partial charge in [0.05, 0.1) is 17.1 Å². The van der Waals surface area contributed by atoms with Crippen molar-refractivity contribution >= 4 is 35.0 Å². The van der Waals surface area contributed by atoms with E-state index in [1.807, 2.05) is 32.0 Å². The van der Waals surface area contributed by atoms with E-state index in [1.54, 1.807) is 4.68 Å². The van der Waals surface area contributed by atoms with E-state index in [-0.39, 0.29) is 17.3 Å². The summed E-state index contributed by atoms with van der Waals surface area (Å²) in [6, 6.07) is 9.93. The van der Waals surface area contributed by atoms with E-state index in [0.29, 0.717) is 10.2 Å². The number of hydrogen-bond donors (Lipinski definition) is 1. The van der Waals surface area contributed by atoms with Crippen molar-refractivity contribution in [2.75, 3.05) is 11.1 Å². The zero-order valence-electron chi connectivity index (χ0n) is 14.0. The first-order valence-corrected chi connectivity index (χ1v) is 9.04. The first kappa shape index (κ1) is 18.3. The smallest absolute Gasteiger partial charge is 0.234 e. The highest BCUT2D eigenvalue weighted by Crippen LogP contribution is 2.23. The predicted molar refractivity (Wildman–Crippen MR) is 99.4 cm³/mol. The lowest BCUT2D eigenvalue weighted by Gasteiger charge is -2.09. The van der Waals surface area contributed by atoms with Gasteiger partial charge in [-0.05, 0) is 59.7 Å². The van der Waals surface area contributed by atoms with E-state index in [0.717, 1.165) is 28.6 Å². The third-order valence-corrected chi connectivity index (χ3v) is 4.72. The molecular formula is C17H15ClFN5OS. The molecule has 1 heterocycles. The molecule has 0 aliphatic rings. The number of nitrogens with zero attached hydrogens (tertiary/aromatic N) is 4. The Morgan fingerprint density at radius 3 is 2.88 bits per heavy atom. The fourth-order valence-electron chi connectivity index (χ4n) is 2.28. The van der Waals surface area contributed by atoms with Crippen LogP contribution in [0, 0.1) is 19.7 Å². The highest BCUT2D eigenvalue weighted by atomic mass is 35.5. The highest BCUT2D eigenvalue weighted by Gasteiger charge is 2.14. The molecule has 3 rings (SSSR count). The van der Waals surface area contributed by atoms with Gasteiger partial charge in [0.25, 0.3) is 0 Å². The van der Waals surface area contributed by atoms with Crippen LogP contribution in [0.4, 0.5) is 10.1 Å². The number of halogens is 2. The molecule has 2 aromatic carbocycles. The molecule has 6 nitrogen and oxygen atoms in total. The third-order valence-electron chi connectivity index (χ3n) is 3.57. The van der Waals surface area contributed by atoms with Gasteiger partial charge >= 0.3 is 0 Å². The Hall–Kier alpha value is -2.45. The van der Waals surface area contributed by atoms with Gasteiger partial charge in [0, 0.05) is 5.02 Å². The summed E-state index contributed by atoms with van der Waals surface area (Å²) in [4.78, 5) is 12.1. The number of hydrogen-bond acceptors (Lipinski definition) is 5. The zero-order chi connectivity index (χ0) is 18.7. The summed E-state index contributed by atoms with van der Waals surface area (Å²) in [6.45, 7) is 3.94. The van der Waals surface area contributed by atoms with Crippen LogP contribution >= 0.6 is 23.4 Å². The average molecular weight is 392 g/mol. The Morgan fingerprint density at radius 1 is 1.27 bits per heavy atom. The van der Waals surface area contributed by atoms with Gasteiger partial charge in [-0.2, -0.15) is 4.68 Å². The van der Waals surface area contributed by atoms with Crippen molar-refractivity contribution in [3.05, 3.63) is 58.4 Å². The molecule has 3 aromatic rings. The number of tetrazole rings is 1. The van der Waals surface area contributed by atoms with E-state index >= 15 is 0 Å². The monoisotopic (exact) mass is 391 g/mol. The zero-order valence-corrected chi connectivity index (χ0v) is 15.6. The largest absolute Gasteiger partial charge is 0.323 e. The molecule has 1 N–H and O–H groups in total. The third kappa shape index (κ3) is 4.20. The van der Waals surface area contributed by atoms with E-state index in [4.69, 9.17) is 11.6 Å². The van der Waals surface area contributed by atoms with Crippen LogP contribution < -0.4 is 5.32 Å². The minimum atomic E-state index is -0.548. The van der Waals surface area contributed by atoms with Gasteiger partial charge in [-0.15, -0.1) is 5.10 Å². The lowest BCUT2D eigenvalue weighted by Crippen LogP contribution is -2.15. The fraction of sp³-hybridized carbons (Fsp3) is 0.176. The second kappa shape index (κ2) is 7.84. The number of aromatic nitrogens is 4. The number of aryl methyl sites for hydroxylation is 2. The second-order valence-electron chi connectivity index (χ2n) is 5.62. The maximum absolute atomic E-state index is 13.7. The summed E-state index contributed by atoms with van der Waals surface area (Å²) in [5.74, 6) is -0.906. The summed E-state index contributed by atoms with van der Waals surface area (Å²) >= 11 is 6.98. The lowest BCUT2D eigenvalue weighted by atomic mass is 10.1. The first-order chi connectivity index (χ1) is 12.4. The number of amides is 1. The van der Waals surface area contributed by atoms with E-state index in [2.05, 4.69) is 20.8 Å². The summed E-state index contributed by atoms with van der Waals surface area (Å²) in [5.41, 5.74) is 2.97. The van der Waals surface area contributed by atoms with Crippen LogP contribution in [0.3, 0.4) is 0 Å². The molecule has 0 unspecified atom stereocenters. The molecule has 0 radical (unpaired) electrons. The van der Waals surface area contributed by atoms with Crippen molar-refractivity contribution < 1.29 is 9.18 Å². The van der Waals surface area contributed by atoms with Crippen molar-refractivity contribution in [3.63, 3.8) is 0 Å². The molecule has 1 aromatic heterocycles. The van der Waals surface area contributed by atoms with Crippen molar-refractivity contribution in [2.45, 2.75) is 19.0 Å². The SMILES string of the molecule is Cc1ccc(C)c(-n2nnnc2SCC(=O)Nc2cc(Cl)ccc2F)c1. The molecule has 1 amide bonds. The fourth-order valence-corrected chi connectivity index (χ4v) is 3.13. The molecule has 0 bridgehead atoms. The molecular weight excluding hydrogens is 377 g/mol. The molecule has 0 saturated carbocycles. The van der Waals surface area contributed by atoms with Gasteiger partial charge in [-0.1, -0.05) is 35.5 Å². The van der Waals surface area contributed by atoms with Gasteiger partial charge in [0.2, 0.25) is 11.1 Å². The van der Waals surface area contributed by atoms with E-state index in [1.165, 1.54) is 18.2 Å².